The number of aliphatic hydroxyl groups excluding tert-OH is 1. The van der Waals surface area contributed by atoms with Crippen LogP contribution in [0.4, 0.5) is 0 Å². The second-order valence-electron chi connectivity index (χ2n) is 4.74. The van der Waals surface area contributed by atoms with Crippen LogP contribution in [0.1, 0.15) is 6.42 Å². The molecule has 0 spiro atoms. The van der Waals surface area contributed by atoms with Crippen LogP contribution in [0.15, 0.2) is 42.5 Å². The number of methoxy groups -OCH3 is 1. The van der Waals surface area contributed by atoms with Crippen LogP contribution in [-0.4, -0.2) is 40.4 Å². The van der Waals surface area contributed by atoms with Gasteiger partial charge in [-0.3, -0.25) is 0 Å². The van der Waals surface area contributed by atoms with Crippen LogP contribution in [-0.2, 0) is 0 Å². The van der Waals surface area contributed by atoms with Crippen LogP contribution in [0.5, 0.6) is 11.5 Å². The fourth-order valence-electron chi connectivity index (χ4n) is 2.12. The number of nitrogens with zero attached hydrogens (tertiary/aromatic N) is 3. The fourth-order valence-corrected chi connectivity index (χ4v) is 2.12. The van der Waals surface area contributed by atoms with E-state index >= 15 is 0 Å². The summed E-state index contributed by atoms with van der Waals surface area (Å²) in [7, 11) is 1.59. The quantitative estimate of drug-likeness (QED) is 0.707. The lowest BCUT2D eigenvalue weighted by Crippen LogP contribution is -2.03. The summed E-state index contributed by atoms with van der Waals surface area (Å²) >= 11 is 0. The minimum absolute atomic E-state index is 0.101. The zero-order valence-electron chi connectivity index (χ0n) is 12.3. The van der Waals surface area contributed by atoms with Gasteiger partial charge < -0.3 is 14.6 Å². The third kappa shape index (κ3) is 2.87. The number of hydrogen-bond acceptors (Lipinski definition) is 5. The second-order valence-corrected chi connectivity index (χ2v) is 4.74. The highest BCUT2D eigenvalue weighted by Gasteiger charge is 2.09. The zero-order chi connectivity index (χ0) is 15.4. The Hall–Kier alpha value is -2.60. The van der Waals surface area contributed by atoms with E-state index in [0.717, 1.165) is 16.7 Å². The first-order valence-electron chi connectivity index (χ1n) is 7.06. The molecule has 0 unspecified atom stereocenters. The molecule has 3 aromatic rings. The molecule has 0 fully saturated rings. The number of hydrogen-bond donors (Lipinski definition) is 1. The van der Waals surface area contributed by atoms with Gasteiger partial charge in [0.25, 0.3) is 0 Å². The molecule has 0 radical (unpaired) electrons. The molecule has 0 bridgehead atoms. The SMILES string of the molecule is COc1cc(-n2nc3ccccc3n2)ccc1OCCCO. The molecule has 0 saturated heterocycles. The Morgan fingerprint density at radius 1 is 1.05 bits per heavy atom. The van der Waals surface area contributed by atoms with Crippen molar-refractivity contribution in [1.29, 1.82) is 0 Å². The number of aliphatic hydroxyl groups is 1. The van der Waals surface area contributed by atoms with Crippen molar-refractivity contribution in [3.8, 4) is 17.2 Å². The van der Waals surface area contributed by atoms with Gasteiger partial charge in [0.1, 0.15) is 11.0 Å². The molecule has 0 saturated carbocycles. The Balaban J connectivity index is 1.90. The van der Waals surface area contributed by atoms with E-state index in [1.165, 1.54) is 0 Å². The molecule has 3 rings (SSSR count). The minimum Gasteiger partial charge on any atom is -0.493 e. The Kier molecular flexibility index (Phi) is 4.20. The number of aromatic nitrogens is 3. The maximum Gasteiger partial charge on any atom is 0.162 e. The van der Waals surface area contributed by atoms with Gasteiger partial charge in [-0.1, -0.05) is 12.1 Å². The van der Waals surface area contributed by atoms with Gasteiger partial charge in [-0.25, -0.2) is 0 Å². The summed E-state index contributed by atoms with van der Waals surface area (Å²) in [5.74, 6) is 1.24. The Morgan fingerprint density at radius 3 is 2.41 bits per heavy atom. The van der Waals surface area contributed by atoms with E-state index in [2.05, 4.69) is 10.2 Å². The number of ether oxygens (including phenoxy) is 2. The summed E-state index contributed by atoms with van der Waals surface area (Å²) in [6, 6.07) is 13.2. The molecule has 6 heteroatoms. The van der Waals surface area contributed by atoms with Gasteiger partial charge in [0.05, 0.1) is 19.4 Å². The van der Waals surface area contributed by atoms with Crippen molar-refractivity contribution in [2.24, 2.45) is 0 Å². The van der Waals surface area contributed by atoms with E-state index in [4.69, 9.17) is 14.6 Å². The van der Waals surface area contributed by atoms with Crippen molar-refractivity contribution in [2.75, 3.05) is 20.3 Å². The lowest BCUT2D eigenvalue weighted by atomic mass is 10.3. The third-order valence-electron chi connectivity index (χ3n) is 3.22. The largest absolute Gasteiger partial charge is 0.493 e. The Morgan fingerprint density at radius 2 is 1.77 bits per heavy atom. The first-order chi connectivity index (χ1) is 10.8. The van der Waals surface area contributed by atoms with Crippen LogP contribution in [0.25, 0.3) is 16.7 Å². The van der Waals surface area contributed by atoms with Gasteiger partial charge >= 0.3 is 0 Å². The average molecular weight is 299 g/mol. The first kappa shape index (κ1) is 14.3. The monoisotopic (exact) mass is 299 g/mol. The standard InChI is InChI=1S/C16H17N3O3/c1-21-16-11-12(7-8-15(16)22-10-4-9-20)19-17-13-5-2-3-6-14(13)18-19/h2-3,5-8,11,20H,4,9-10H2,1H3. The second kappa shape index (κ2) is 6.44. The van der Waals surface area contributed by atoms with Gasteiger partial charge in [0.2, 0.25) is 0 Å². The fraction of sp³-hybridized carbons (Fsp3) is 0.250. The van der Waals surface area contributed by atoms with Crippen molar-refractivity contribution >= 4 is 11.0 Å². The highest BCUT2D eigenvalue weighted by atomic mass is 16.5. The molecule has 0 aliphatic carbocycles. The molecule has 1 aromatic heterocycles. The topological polar surface area (TPSA) is 69.4 Å². The molecule has 114 valence electrons. The number of fused-ring (bicyclic) bond motifs is 1. The average Bonchev–Trinajstić information content (AvgIpc) is 2.99. The van der Waals surface area contributed by atoms with Gasteiger partial charge in [-0.15, -0.1) is 10.2 Å². The van der Waals surface area contributed by atoms with Crippen LogP contribution in [0.2, 0.25) is 0 Å². The molecule has 0 aliphatic rings. The third-order valence-corrected chi connectivity index (χ3v) is 3.22. The molecule has 0 amide bonds. The molecular formula is C16H17N3O3. The van der Waals surface area contributed by atoms with Crippen LogP contribution in [0, 0.1) is 0 Å². The van der Waals surface area contributed by atoms with Gasteiger partial charge in [0.15, 0.2) is 11.5 Å². The molecule has 2 aromatic carbocycles. The Bertz CT molecular complexity index is 737. The van der Waals surface area contributed by atoms with Crippen LogP contribution < -0.4 is 9.47 Å². The minimum atomic E-state index is 0.101. The molecule has 0 aliphatic heterocycles. The number of benzene rings is 2. The molecule has 0 atom stereocenters. The van der Waals surface area contributed by atoms with E-state index in [1.54, 1.807) is 11.9 Å². The Labute approximate surface area is 127 Å². The van der Waals surface area contributed by atoms with E-state index in [9.17, 15) is 0 Å². The molecule has 6 nitrogen and oxygen atoms in total. The van der Waals surface area contributed by atoms with E-state index in [-0.39, 0.29) is 6.61 Å². The van der Waals surface area contributed by atoms with Gasteiger partial charge in [0, 0.05) is 19.1 Å². The van der Waals surface area contributed by atoms with E-state index in [1.807, 2.05) is 42.5 Å². The lowest BCUT2D eigenvalue weighted by Gasteiger charge is -2.11. The number of rotatable bonds is 6. The first-order valence-corrected chi connectivity index (χ1v) is 7.06. The van der Waals surface area contributed by atoms with Crippen molar-refractivity contribution in [2.45, 2.75) is 6.42 Å². The highest BCUT2D eigenvalue weighted by molar-refractivity contribution is 5.73. The molecule has 22 heavy (non-hydrogen) atoms. The summed E-state index contributed by atoms with van der Waals surface area (Å²) < 4.78 is 10.9. The summed E-state index contributed by atoms with van der Waals surface area (Å²) in [5.41, 5.74) is 2.47. The summed E-state index contributed by atoms with van der Waals surface area (Å²) in [6.45, 7) is 0.542. The summed E-state index contributed by atoms with van der Waals surface area (Å²) in [4.78, 5) is 1.57. The zero-order valence-corrected chi connectivity index (χ0v) is 12.3. The van der Waals surface area contributed by atoms with Crippen molar-refractivity contribution in [3.63, 3.8) is 0 Å². The molecular weight excluding hydrogens is 282 g/mol. The maximum absolute atomic E-state index is 8.80. The highest BCUT2D eigenvalue weighted by Crippen LogP contribution is 2.29. The molecule has 1 N–H and O–H groups in total. The van der Waals surface area contributed by atoms with Gasteiger partial charge in [-0.05, 0) is 24.3 Å². The van der Waals surface area contributed by atoms with Gasteiger partial charge in [-0.2, -0.15) is 4.80 Å². The predicted octanol–water partition coefficient (Wildman–Crippen LogP) is 2.19. The van der Waals surface area contributed by atoms with Crippen LogP contribution in [0.3, 0.4) is 0 Å². The maximum atomic E-state index is 8.80. The summed E-state index contributed by atoms with van der Waals surface area (Å²) in [6.07, 6.45) is 0.580. The smallest absolute Gasteiger partial charge is 0.162 e. The lowest BCUT2D eigenvalue weighted by molar-refractivity contribution is 0.228. The van der Waals surface area contributed by atoms with Crippen molar-refractivity contribution in [3.05, 3.63) is 42.5 Å². The van der Waals surface area contributed by atoms with E-state index in [0.29, 0.717) is 24.5 Å². The van der Waals surface area contributed by atoms with Crippen LogP contribution >= 0.6 is 0 Å². The predicted molar refractivity (Wildman–Crippen MR) is 82.6 cm³/mol. The van der Waals surface area contributed by atoms with Crippen molar-refractivity contribution < 1.29 is 14.6 Å². The summed E-state index contributed by atoms with van der Waals surface area (Å²) in [5, 5.41) is 17.7. The molecule has 1 heterocycles. The normalized spacial score (nSPS) is 10.8. The van der Waals surface area contributed by atoms with E-state index < -0.39 is 0 Å². The van der Waals surface area contributed by atoms with Crippen molar-refractivity contribution in [1.82, 2.24) is 15.0 Å².